The van der Waals surface area contributed by atoms with E-state index in [0.29, 0.717) is 5.75 Å². The van der Waals surface area contributed by atoms with Crippen LogP contribution in [0.1, 0.15) is 13.8 Å². The predicted molar refractivity (Wildman–Crippen MR) is 94.2 cm³/mol. The maximum Gasteiger partial charge on any atom is 0.276 e. The molecule has 120 valence electrons. The van der Waals surface area contributed by atoms with Crippen molar-refractivity contribution in [2.45, 2.75) is 13.8 Å². The van der Waals surface area contributed by atoms with Crippen LogP contribution < -0.4 is 20.9 Å². The third kappa shape index (κ3) is 6.71. The van der Waals surface area contributed by atoms with E-state index in [1.807, 2.05) is 6.07 Å². The number of nitrogens with one attached hydrogen (secondary N) is 3. The van der Waals surface area contributed by atoms with Crippen LogP contribution >= 0.6 is 44.1 Å². The summed E-state index contributed by atoms with van der Waals surface area (Å²) in [5, 5.41) is 2.46. The predicted octanol–water partition coefficient (Wildman–Crippen LogP) is 2.27. The fourth-order valence-corrected chi connectivity index (χ4v) is 2.50. The van der Waals surface area contributed by atoms with Gasteiger partial charge in [-0.25, -0.2) is 0 Å². The van der Waals surface area contributed by atoms with Gasteiger partial charge in [-0.15, -0.1) is 0 Å². The van der Waals surface area contributed by atoms with E-state index in [1.54, 1.807) is 26.0 Å². The lowest BCUT2D eigenvalue weighted by atomic mass is 10.2. The Labute approximate surface area is 150 Å². The molecule has 0 heterocycles. The quantitative estimate of drug-likeness (QED) is 0.482. The first-order valence-corrected chi connectivity index (χ1v) is 8.26. The molecule has 1 aromatic rings. The minimum Gasteiger partial charge on any atom is -0.483 e. The van der Waals surface area contributed by atoms with E-state index in [0.717, 1.165) is 8.95 Å². The standard InChI is InChI=1S/C13H15Br2N3O3S/c1-7(2)12(20)16-13(22)18-17-11(19)6-21-10-4-3-8(14)5-9(10)15/h3-5,7H,6H2,1-2H3,(H,17,19)(H2,16,18,20,22). The van der Waals surface area contributed by atoms with E-state index < -0.39 is 5.91 Å². The molecule has 0 aliphatic rings. The molecule has 0 saturated carbocycles. The Kier molecular flexibility index (Phi) is 7.77. The highest BCUT2D eigenvalue weighted by Crippen LogP contribution is 2.27. The van der Waals surface area contributed by atoms with E-state index in [1.165, 1.54) is 0 Å². The Morgan fingerprint density at radius 2 is 1.95 bits per heavy atom. The summed E-state index contributed by atoms with van der Waals surface area (Å²) in [6, 6.07) is 5.33. The Morgan fingerprint density at radius 3 is 2.55 bits per heavy atom. The number of hydrazine groups is 1. The molecule has 1 aromatic carbocycles. The van der Waals surface area contributed by atoms with E-state index in [-0.39, 0.29) is 23.5 Å². The van der Waals surface area contributed by atoms with E-state index in [9.17, 15) is 9.59 Å². The number of hydrogen-bond donors (Lipinski definition) is 3. The number of carbonyl (C=O) groups excluding carboxylic acids is 2. The van der Waals surface area contributed by atoms with Gasteiger partial charge in [-0.05, 0) is 46.3 Å². The molecule has 3 N–H and O–H groups in total. The van der Waals surface area contributed by atoms with Gasteiger partial charge >= 0.3 is 0 Å². The van der Waals surface area contributed by atoms with Crippen LogP contribution in [0, 0.1) is 5.92 Å². The number of benzene rings is 1. The monoisotopic (exact) mass is 451 g/mol. The molecule has 0 aliphatic heterocycles. The maximum absolute atomic E-state index is 11.6. The lowest BCUT2D eigenvalue weighted by molar-refractivity contribution is -0.124. The molecule has 0 spiro atoms. The Bertz CT molecular complexity index is 582. The van der Waals surface area contributed by atoms with Crippen molar-refractivity contribution in [1.82, 2.24) is 16.2 Å². The van der Waals surface area contributed by atoms with Gasteiger partial charge in [-0.3, -0.25) is 20.4 Å². The third-order valence-electron chi connectivity index (χ3n) is 2.33. The third-order valence-corrected chi connectivity index (χ3v) is 3.65. The fraction of sp³-hybridized carbons (Fsp3) is 0.308. The maximum atomic E-state index is 11.6. The highest BCUT2D eigenvalue weighted by molar-refractivity contribution is 9.11. The van der Waals surface area contributed by atoms with E-state index in [4.69, 9.17) is 17.0 Å². The molecule has 0 aromatic heterocycles. The van der Waals surface area contributed by atoms with Gasteiger partial charge in [0.05, 0.1) is 4.47 Å². The number of thiocarbonyl (C=S) groups is 1. The largest absolute Gasteiger partial charge is 0.483 e. The Morgan fingerprint density at radius 1 is 1.27 bits per heavy atom. The topological polar surface area (TPSA) is 79.5 Å². The van der Waals surface area contributed by atoms with Crippen LogP contribution in [-0.4, -0.2) is 23.5 Å². The molecule has 1 rings (SSSR count). The molecule has 0 saturated heterocycles. The lowest BCUT2D eigenvalue weighted by Gasteiger charge is -2.12. The molecule has 22 heavy (non-hydrogen) atoms. The molecular weight excluding hydrogens is 438 g/mol. The van der Waals surface area contributed by atoms with Crippen molar-refractivity contribution in [3.63, 3.8) is 0 Å². The van der Waals surface area contributed by atoms with Crippen LogP contribution in [0.2, 0.25) is 0 Å². The molecule has 0 fully saturated rings. The summed E-state index contributed by atoms with van der Waals surface area (Å²) in [5.41, 5.74) is 4.76. The first kappa shape index (κ1) is 18.9. The summed E-state index contributed by atoms with van der Waals surface area (Å²) in [6.45, 7) is 3.27. The minimum absolute atomic E-state index is 0.0249. The summed E-state index contributed by atoms with van der Waals surface area (Å²) in [5.74, 6) is -0.333. The van der Waals surface area contributed by atoms with Crippen LogP contribution in [0.5, 0.6) is 5.75 Å². The zero-order chi connectivity index (χ0) is 16.7. The highest BCUT2D eigenvalue weighted by atomic mass is 79.9. The van der Waals surface area contributed by atoms with Gasteiger partial charge in [0.1, 0.15) is 5.75 Å². The number of hydrogen-bond acceptors (Lipinski definition) is 4. The van der Waals surface area contributed by atoms with Crippen molar-refractivity contribution < 1.29 is 14.3 Å². The smallest absolute Gasteiger partial charge is 0.276 e. The first-order valence-electron chi connectivity index (χ1n) is 6.27. The van der Waals surface area contributed by atoms with Gasteiger partial charge in [-0.1, -0.05) is 29.8 Å². The molecule has 9 heteroatoms. The van der Waals surface area contributed by atoms with Gasteiger partial charge in [0.25, 0.3) is 5.91 Å². The average Bonchev–Trinajstić information content (AvgIpc) is 2.44. The van der Waals surface area contributed by atoms with E-state index >= 15 is 0 Å². The lowest BCUT2D eigenvalue weighted by Crippen LogP contribution is -2.50. The van der Waals surface area contributed by atoms with E-state index in [2.05, 4.69) is 48.0 Å². The molecule has 0 unspecified atom stereocenters. The summed E-state index contributed by atoms with van der Waals surface area (Å²) < 4.78 is 6.97. The number of ether oxygens (including phenoxy) is 1. The van der Waals surface area contributed by atoms with Gasteiger partial charge in [-0.2, -0.15) is 0 Å². The van der Waals surface area contributed by atoms with Crippen molar-refractivity contribution in [3.05, 3.63) is 27.1 Å². The van der Waals surface area contributed by atoms with Crippen molar-refractivity contribution in [2.75, 3.05) is 6.61 Å². The number of halogens is 2. The van der Waals surface area contributed by atoms with Gasteiger partial charge in [0, 0.05) is 10.4 Å². The molecule has 0 bridgehead atoms. The highest BCUT2D eigenvalue weighted by Gasteiger charge is 2.10. The zero-order valence-corrected chi connectivity index (χ0v) is 15.9. The minimum atomic E-state index is -0.434. The molecule has 2 amide bonds. The molecular formula is C13H15Br2N3O3S. The number of amides is 2. The average molecular weight is 453 g/mol. The zero-order valence-electron chi connectivity index (χ0n) is 11.9. The van der Waals surface area contributed by atoms with Gasteiger partial charge in [0.2, 0.25) is 5.91 Å². The van der Waals surface area contributed by atoms with Crippen LogP contribution in [0.25, 0.3) is 0 Å². The summed E-state index contributed by atoms with van der Waals surface area (Å²) in [4.78, 5) is 23.0. The van der Waals surface area contributed by atoms with Crippen LogP contribution in [0.15, 0.2) is 27.1 Å². The molecule has 0 atom stereocenters. The Hall–Kier alpha value is -1.19. The Balaban J connectivity index is 2.34. The fourth-order valence-electron chi connectivity index (χ4n) is 1.19. The molecule has 0 aliphatic carbocycles. The van der Waals surface area contributed by atoms with Crippen LogP contribution in [0.3, 0.4) is 0 Å². The van der Waals surface area contributed by atoms with Gasteiger partial charge < -0.3 is 10.1 Å². The molecule has 6 nitrogen and oxygen atoms in total. The van der Waals surface area contributed by atoms with Crippen molar-refractivity contribution in [1.29, 1.82) is 0 Å². The normalized spacial score (nSPS) is 10.0. The van der Waals surface area contributed by atoms with Crippen LogP contribution in [0.4, 0.5) is 0 Å². The second-order valence-electron chi connectivity index (χ2n) is 4.51. The SMILES string of the molecule is CC(C)C(=O)NC(=S)NNC(=O)COc1ccc(Br)cc1Br. The van der Waals surface area contributed by atoms with Gasteiger partial charge in [0.15, 0.2) is 11.7 Å². The second-order valence-corrected chi connectivity index (χ2v) is 6.69. The molecule has 0 radical (unpaired) electrons. The van der Waals surface area contributed by atoms with Crippen molar-refractivity contribution >= 4 is 61.0 Å². The van der Waals surface area contributed by atoms with Crippen molar-refractivity contribution in [2.24, 2.45) is 5.92 Å². The van der Waals surface area contributed by atoms with Crippen molar-refractivity contribution in [3.8, 4) is 5.75 Å². The van der Waals surface area contributed by atoms with Crippen LogP contribution in [-0.2, 0) is 9.59 Å². The number of rotatable bonds is 4. The summed E-state index contributed by atoms with van der Waals surface area (Å²) >= 11 is 11.5. The number of carbonyl (C=O) groups is 2. The first-order chi connectivity index (χ1) is 10.3. The summed E-state index contributed by atoms with van der Waals surface area (Å²) in [7, 11) is 0. The summed E-state index contributed by atoms with van der Waals surface area (Å²) in [6.07, 6.45) is 0. The second kappa shape index (κ2) is 9.06.